The molecule has 0 unspecified atom stereocenters. The molecule has 1 aliphatic rings. The Hall–Kier alpha value is -2.15. The zero-order valence-electron chi connectivity index (χ0n) is 13.7. The zero-order valence-corrected chi connectivity index (χ0v) is 14.5. The van der Waals surface area contributed by atoms with Gasteiger partial charge in [0.25, 0.3) is 0 Å². The van der Waals surface area contributed by atoms with Crippen LogP contribution in [0.3, 0.4) is 0 Å². The van der Waals surface area contributed by atoms with Crippen molar-refractivity contribution in [3.63, 3.8) is 0 Å². The fourth-order valence-electron chi connectivity index (χ4n) is 3.08. The van der Waals surface area contributed by atoms with Gasteiger partial charge < -0.3 is 4.90 Å². The number of hydrogen-bond donors (Lipinski definition) is 0. The Labute approximate surface area is 142 Å². The van der Waals surface area contributed by atoms with E-state index in [1.807, 2.05) is 23.1 Å². The summed E-state index contributed by atoms with van der Waals surface area (Å²) < 4.78 is 25.9. The van der Waals surface area contributed by atoms with Crippen molar-refractivity contribution in [2.45, 2.75) is 19.3 Å². The highest BCUT2D eigenvalue weighted by Gasteiger charge is 2.23. The van der Waals surface area contributed by atoms with E-state index >= 15 is 0 Å². The molecule has 0 saturated carbocycles. The summed E-state index contributed by atoms with van der Waals surface area (Å²) >= 11 is 0. The minimum Gasteiger partial charge on any atom is -0.343 e. The van der Waals surface area contributed by atoms with Gasteiger partial charge in [-0.3, -0.25) is 14.1 Å². The first-order valence-corrected chi connectivity index (χ1v) is 9.91. The molecule has 0 bridgehead atoms. The SMILES string of the molecule is CS(=O)(=O)N(CCC(=O)N1CCCC1)c1cccc2cccnc12. The van der Waals surface area contributed by atoms with Crippen molar-refractivity contribution in [3.05, 3.63) is 36.5 Å². The summed E-state index contributed by atoms with van der Waals surface area (Å²) in [6.07, 6.45) is 5.02. The van der Waals surface area contributed by atoms with Gasteiger partial charge in [0, 0.05) is 37.6 Å². The predicted molar refractivity (Wildman–Crippen MR) is 94.4 cm³/mol. The molecule has 0 spiro atoms. The number of rotatable bonds is 5. The highest BCUT2D eigenvalue weighted by atomic mass is 32.2. The summed E-state index contributed by atoms with van der Waals surface area (Å²) in [7, 11) is -3.51. The molecule has 0 aliphatic carbocycles. The Morgan fingerprint density at radius 2 is 1.92 bits per heavy atom. The van der Waals surface area contributed by atoms with Crippen molar-refractivity contribution >= 4 is 32.5 Å². The molecule has 1 saturated heterocycles. The average Bonchev–Trinajstić information content (AvgIpc) is 3.08. The van der Waals surface area contributed by atoms with E-state index < -0.39 is 10.0 Å². The molecule has 0 N–H and O–H groups in total. The Kier molecular flexibility index (Phi) is 4.71. The summed E-state index contributed by atoms with van der Waals surface area (Å²) in [6, 6.07) is 9.13. The van der Waals surface area contributed by atoms with E-state index in [-0.39, 0.29) is 18.9 Å². The second-order valence-electron chi connectivity index (χ2n) is 6.03. The van der Waals surface area contributed by atoms with Gasteiger partial charge in [0.1, 0.15) is 0 Å². The van der Waals surface area contributed by atoms with Crippen molar-refractivity contribution < 1.29 is 13.2 Å². The molecule has 0 radical (unpaired) electrons. The number of nitrogens with zero attached hydrogens (tertiary/aromatic N) is 3. The number of anilines is 1. The van der Waals surface area contributed by atoms with Crippen LogP contribution in [0.1, 0.15) is 19.3 Å². The van der Waals surface area contributed by atoms with Crippen LogP contribution in [-0.2, 0) is 14.8 Å². The largest absolute Gasteiger partial charge is 0.343 e. The van der Waals surface area contributed by atoms with Crippen LogP contribution in [0.25, 0.3) is 10.9 Å². The fourth-order valence-corrected chi connectivity index (χ4v) is 4.00. The van der Waals surface area contributed by atoms with Gasteiger partial charge in [-0.25, -0.2) is 8.42 Å². The molecular formula is C17H21N3O3S. The molecule has 3 rings (SSSR count). The van der Waals surface area contributed by atoms with Crippen LogP contribution in [0, 0.1) is 0 Å². The van der Waals surface area contributed by atoms with Crippen LogP contribution in [0.4, 0.5) is 5.69 Å². The number of carbonyl (C=O) groups is 1. The number of carbonyl (C=O) groups excluding carboxylic acids is 1. The van der Waals surface area contributed by atoms with Crippen molar-refractivity contribution in [2.24, 2.45) is 0 Å². The number of para-hydroxylation sites is 1. The van der Waals surface area contributed by atoms with Gasteiger partial charge in [0.2, 0.25) is 15.9 Å². The minimum atomic E-state index is -3.51. The number of benzene rings is 1. The topological polar surface area (TPSA) is 70.6 Å². The Morgan fingerprint density at radius 3 is 2.62 bits per heavy atom. The number of likely N-dealkylation sites (tertiary alicyclic amines) is 1. The van der Waals surface area contributed by atoms with E-state index in [0.29, 0.717) is 11.2 Å². The lowest BCUT2D eigenvalue weighted by atomic mass is 10.2. The van der Waals surface area contributed by atoms with Gasteiger partial charge in [-0.05, 0) is 25.0 Å². The van der Waals surface area contributed by atoms with Crippen molar-refractivity contribution in [1.82, 2.24) is 9.88 Å². The molecule has 2 heterocycles. The summed E-state index contributed by atoms with van der Waals surface area (Å²) in [6.45, 7) is 1.67. The quantitative estimate of drug-likeness (QED) is 0.829. The normalized spacial score (nSPS) is 15.0. The number of pyridine rings is 1. The van der Waals surface area contributed by atoms with E-state index in [0.717, 1.165) is 37.6 Å². The van der Waals surface area contributed by atoms with E-state index in [9.17, 15) is 13.2 Å². The summed E-state index contributed by atoms with van der Waals surface area (Å²) in [4.78, 5) is 18.4. The zero-order chi connectivity index (χ0) is 17.2. The van der Waals surface area contributed by atoms with E-state index in [1.54, 1.807) is 18.3 Å². The standard InChI is InChI=1S/C17H21N3O3S/c1-24(22,23)20(13-9-16(21)19-11-2-3-12-19)15-8-4-6-14-7-5-10-18-17(14)15/h4-8,10H,2-3,9,11-13H2,1H3. The van der Waals surface area contributed by atoms with E-state index in [2.05, 4.69) is 4.98 Å². The Balaban J connectivity index is 1.88. The summed E-state index contributed by atoms with van der Waals surface area (Å²) in [5.41, 5.74) is 1.14. The number of sulfonamides is 1. The monoisotopic (exact) mass is 347 g/mol. The third-order valence-corrected chi connectivity index (χ3v) is 5.45. The van der Waals surface area contributed by atoms with Crippen molar-refractivity contribution in [3.8, 4) is 0 Å². The number of aromatic nitrogens is 1. The molecule has 6 nitrogen and oxygen atoms in total. The number of hydrogen-bond acceptors (Lipinski definition) is 4. The molecule has 1 fully saturated rings. The van der Waals surface area contributed by atoms with Crippen LogP contribution in [0.5, 0.6) is 0 Å². The lowest BCUT2D eigenvalue weighted by Gasteiger charge is -2.24. The third kappa shape index (κ3) is 3.51. The molecule has 1 aromatic carbocycles. The molecule has 1 aromatic heterocycles. The minimum absolute atomic E-state index is 0.00865. The first-order chi connectivity index (χ1) is 11.5. The molecule has 24 heavy (non-hydrogen) atoms. The second kappa shape index (κ2) is 6.76. The molecule has 128 valence electrons. The van der Waals surface area contributed by atoms with Crippen LogP contribution >= 0.6 is 0 Å². The lowest BCUT2D eigenvalue weighted by Crippen LogP contribution is -2.36. The van der Waals surface area contributed by atoms with Gasteiger partial charge in [-0.2, -0.15) is 0 Å². The van der Waals surface area contributed by atoms with Crippen molar-refractivity contribution in [2.75, 3.05) is 30.2 Å². The summed E-state index contributed by atoms with van der Waals surface area (Å²) in [5.74, 6) is 0.00865. The first kappa shape index (κ1) is 16.7. The van der Waals surface area contributed by atoms with Gasteiger partial charge >= 0.3 is 0 Å². The molecule has 1 amide bonds. The molecule has 2 aromatic rings. The van der Waals surface area contributed by atoms with E-state index in [1.165, 1.54) is 4.31 Å². The van der Waals surface area contributed by atoms with Gasteiger partial charge in [-0.1, -0.05) is 18.2 Å². The highest BCUT2D eigenvalue weighted by Crippen LogP contribution is 2.27. The first-order valence-electron chi connectivity index (χ1n) is 8.06. The van der Waals surface area contributed by atoms with Crippen LogP contribution in [0.15, 0.2) is 36.5 Å². The van der Waals surface area contributed by atoms with Gasteiger partial charge in [-0.15, -0.1) is 0 Å². The maximum atomic E-state index is 12.3. The van der Waals surface area contributed by atoms with Gasteiger partial charge in [0.15, 0.2) is 0 Å². The maximum absolute atomic E-state index is 12.3. The number of fused-ring (bicyclic) bond motifs is 1. The molecule has 0 atom stereocenters. The Morgan fingerprint density at radius 1 is 1.21 bits per heavy atom. The third-order valence-electron chi connectivity index (χ3n) is 4.27. The van der Waals surface area contributed by atoms with Crippen molar-refractivity contribution in [1.29, 1.82) is 0 Å². The number of amides is 1. The summed E-state index contributed by atoms with van der Waals surface area (Å²) in [5, 5.41) is 0.870. The van der Waals surface area contributed by atoms with Crippen LogP contribution < -0.4 is 4.31 Å². The Bertz CT molecular complexity index is 840. The smallest absolute Gasteiger partial charge is 0.232 e. The van der Waals surface area contributed by atoms with Crippen LogP contribution in [-0.4, -0.2) is 50.1 Å². The fraction of sp³-hybridized carbons (Fsp3) is 0.412. The predicted octanol–water partition coefficient (Wildman–Crippen LogP) is 2.01. The lowest BCUT2D eigenvalue weighted by molar-refractivity contribution is -0.129. The second-order valence-corrected chi connectivity index (χ2v) is 7.93. The van der Waals surface area contributed by atoms with Gasteiger partial charge in [0.05, 0.1) is 17.5 Å². The maximum Gasteiger partial charge on any atom is 0.232 e. The highest BCUT2D eigenvalue weighted by molar-refractivity contribution is 7.92. The molecule has 7 heteroatoms. The average molecular weight is 347 g/mol. The molecular weight excluding hydrogens is 326 g/mol. The van der Waals surface area contributed by atoms with Crippen LogP contribution in [0.2, 0.25) is 0 Å². The molecule has 1 aliphatic heterocycles. The van der Waals surface area contributed by atoms with E-state index in [4.69, 9.17) is 0 Å².